The van der Waals surface area contributed by atoms with Gasteiger partial charge in [0.05, 0.1) is 6.61 Å². The summed E-state index contributed by atoms with van der Waals surface area (Å²) >= 11 is 1.27. The van der Waals surface area contributed by atoms with Gasteiger partial charge in [-0.05, 0) is 18.6 Å². The molecule has 0 aliphatic carbocycles. The summed E-state index contributed by atoms with van der Waals surface area (Å²) in [6.07, 6.45) is 0.761. The maximum Gasteiger partial charge on any atom is 0.273 e. The standard InChI is InChI=1S/C14H17N3O2S/c1-17(13(18)12-10-20-14(15)16-12)8-5-9-19-11-6-3-2-4-7-11/h2-4,6-7,10H,5,8-9H2,1H3,(H2,15,16). The second-order valence-electron chi connectivity index (χ2n) is 4.31. The van der Waals surface area contributed by atoms with E-state index in [-0.39, 0.29) is 5.91 Å². The van der Waals surface area contributed by atoms with Crippen LogP contribution in [0, 0.1) is 0 Å². The Kier molecular flexibility index (Phi) is 4.95. The van der Waals surface area contributed by atoms with Gasteiger partial charge >= 0.3 is 0 Å². The highest BCUT2D eigenvalue weighted by Crippen LogP contribution is 2.13. The van der Waals surface area contributed by atoms with E-state index in [2.05, 4.69) is 4.98 Å². The zero-order chi connectivity index (χ0) is 14.4. The van der Waals surface area contributed by atoms with Crippen LogP contribution in [0.3, 0.4) is 0 Å². The highest BCUT2D eigenvalue weighted by atomic mass is 32.1. The first-order valence-electron chi connectivity index (χ1n) is 6.31. The Morgan fingerprint density at radius 3 is 2.80 bits per heavy atom. The van der Waals surface area contributed by atoms with Gasteiger partial charge in [-0.25, -0.2) is 4.98 Å². The van der Waals surface area contributed by atoms with Crippen molar-refractivity contribution in [1.82, 2.24) is 9.88 Å². The van der Waals surface area contributed by atoms with Gasteiger partial charge in [-0.1, -0.05) is 18.2 Å². The molecular weight excluding hydrogens is 274 g/mol. The quantitative estimate of drug-likeness (QED) is 0.829. The number of carbonyl (C=O) groups is 1. The Labute approximate surface area is 122 Å². The summed E-state index contributed by atoms with van der Waals surface area (Å²) in [5.41, 5.74) is 5.92. The van der Waals surface area contributed by atoms with Crippen LogP contribution in [0.2, 0.25) is 0 Å². The molecule has 1 aromatic heterocycles. The first-order valence-corrected chi connectivity index (χ1v) is 7.19. The smallest absolute Gasteiger partial charge is 0.273 e. The van der Waals surface area contributed by atoms with E-state index in [4.69, 9.17) is 10.5 Å². The summed E-state index contributed by atoms with van der Waals surface area (Å²) in [7, 11) is 1.75. The van der Waals surface area contributed by atoms with Crippen LogP contribution in [0.4, 0.5) is 5.13 Å². The lowest BCUT2D eigenvalue weighted by Crippen LogP contribution is -2.28. The Balaban J connectivity index is 1.72. The number of hydrogen-bond donors (Lipinski definition) is 1. The van der Waals surface area contributed by atoms with Crippen molar-refractivity contribution in [2.75, 3.05) is 25.9 Å². The highest BCUT2D eigenvalue weighted by molar-refractivity contribution is 7.13. The van der Waals surface area contributed by atoms with E-state index in [0.717, 1.165) is 12.2 Å². The number of anilines is 1. The molecule has 0 atom stereocenters. The molecule has 0 spiro atoms. The fraction of sp³-hybridized carbons (Fsp3) is 0.286. The van der Waals surface area contributed by atoms with Gasteiger partial charge in [0.2, 0.25) is 0 Å². The van der Waals surface area contributed by atoms with Crippen molar-refractivity contribution in [3.05, 3.63) is 41.4 Å². The molecule has 0 aliphatic rings. The summed E-state index contributed by atoms with van der Waals surface area (Å²) < 4.78 is 5.57. The summed E-state index contributed by atoms with van der Waals surface area (Å²) in [5.74, 6) is 0.728. The number of nitrogens with zero attached hydrogens (tertiary/aromatic N) is 2. The molecule has 20 heavy (non-hydrogen) atoms. The van der Waals surface area contributed by atoms with Crippen molar-refractivity contribution in [3.63, 3.8) is 0 Å². The molecule has 6 heteroatoms. The predicted molar refractivity (Wildman–Crippen MR) is 80.0 cm³/mol. The molecule has 106 valence electrons. The van der Waals surface area contributed by atoms with Crippen LogP contribution >= 0.6 is 11.3 Å². The number of hydrogen-bond acceptors (Lipinski definition) is 5. The first kappa shape index (κ1) is 14.3. The molecule has 5 nitrogen and oxygen atoms in total. The Bertz CT molecular complexity index is 557. The monoisotopic (exact) mass is 291 g/mol. The van der Waals surface area contributed by atoms with Crippen LogP contribution in [0.1, 0.15) is 16.9 Å². The topological polar surface area (TPSA) is 68.5 Å². The number of thiazole rings is 1. The van der Waals surface area contributed by atoms with Gasteiger partial charge in [0.25, 0.3) is 5.91 Å². The van der Waals surface area contributed by atoms with Crippen molar-refractivity contribution in [3.8, 4) is 5.75 Å². The average molecular weight is 291 g/mol. The third kappa shape index (κ3) is 3.96. The lowest BCUT2D eigenvalue weighted by atomic mass is 10.3. The van der Waals surface area contributed by atoms with Gasteiger partial charge in [-0.15, -0.1) is 11.3 Å². The molecule has 2 N–H and O–H groups in total. The number of benzene rings is 1. The van der Waals surface area contributed by atoms with E-state index >= 15 is 0 Å². The number of carbonyl (C=O) groups excluding carboxylic acids is 1. The minimum Gasteiger partial charge on any atom is -0.494 e. The molecule has 0 saturated heterocycles. The largest absolute Gasteiger partial charge is 0.494 e. The molecule has 0 bridgehead atoms. The van der Waals surface area contributed by atoms with Crippen LogP contribution in [0.15, 0.2) is 35.7 Å². The number of amides is 1. The van der Waals surface area contributed by atoms with E-state index < -0.39 is 0 Å². The van der Waals surface area contributed by atoms with Gasteiger partial charge in [0, 0.05) is 19.0 Å². The first-order chi connectivity index (χ1) is 9.66. The SMILES string of the molecule is CN(CCCOc1ccccc1)C(=O)c1csc(N)n1. The fourth-order valence-electron chi connectivity index (χ4n) is 1.69. The van der Waals surface area contributed by atoms with Crippen molar-refractivity contribution in [2.24, 2.45) is 0 Å². The molecule has 1 amide bonds. The van der Waals surface area contributed by atoms with Gasteiger partial charge in [0.1, 0.15) is 11.4 Å². The molecule has 1 heterocycles. The van der Waals surface area contributed by atoms with Crippen molar-refractivity contribution in [2.45, 2.75) is 6.42 Å². The number of nitrogen functional groups attached to an aromatic ring is 1. The van der Waals surface area contributed by atoms with Crippen molar-refractivity contribution in [1.29, 1.82) is 0 Å². The number of ether oxygens (including phenoxy) is 1. The minimum absolute atomic E-state index is 0.113. The summed E-state index contributed by atoms with van der Waals surface area (Å²) in [6, 6.07) is 9.62. The van der Waals surface area contributed by atoms with E-state index in [1.54, 1.807) is 17.3 Å². The van der Waals surface area contributed by atoms with Gasteiger partial charge < -0.3 is 15.4 Å². The third-order valence-corrected chi connectivity index (χ3v) is 3.41. The van der Waals surface area contributed by atoms with E-state index in [1.807, 2.05) is 30.3 Å². The fourth-order valence-corrected chi connectivity index (χ4v) is 2.23. The van der Waals surface area contributed by atoms with E-state index in [1.165, 1.54) is 11.3 Å². The van der Waals surface area contributed by atoms with Crippen LogP contribution in [-0.4, -0.2) is 36.0 Å². The lowest BCUT2D eigenvalue weighted by molar-refractivity contribution is 0.0783. The van der Waals surface area contributed by atoms with Gasteiger partial charge in [0.15, 0.2) is 5.13 Å². The molecule has 0 aliphatic heterocycles. The van der Waals surface area contributed by atoms with Crippen LogP contribution in [0.5, 0.6) is 5.75 Å². The van der Waals surface area contributed by atoms with Crippen LogP contribution in [0.25, 0.3) is 0 Å². The number of para-hydroxylation sites is 1. The number of rotatable bonds is 6. The van der Waals surface area contributed by atoms with Gasteiger partial charge in [-0.3, -0.25) is 4.79 Å². The summed E-state index contributed by atoms with van der Waals surface area (Å²) in [5, 5.41) is 2.09. The Morgan fingerprint density at radius 2 is 2.15 bits per heavy atom. The number of nitrogens with two attached hydrogens (primary N) is 1. The summed E-state index contributed by atoms with van der Waals surface area (Å²) in [6.45, 7) is 1.18. The highest BCUT2D eigenvalue weighted by Gasteiger charge is 2.14. The molecule has 2 aromatic rings. The molecule has 1 aromatic carbocycles. The van der Waals surface area contributed by atoms with Crippen molar-refractivity contribution >= 4 is 22.4 Å². The second kappa shape index (κ2) is 6.91. The van der Waals surface area contributed by atoms with Crippen LogP contribution < -0.4 is 10.5 Å². The van der Waals surface area contributed by atoms with Gasteiger partial charge in [-0.2, -0.15) is 0 Å². The van der Waals surface area contributed by atoms with E-state index in [9.17, 15) is 4.79 Å². The third-order valence-electron chi connectivity index (χ3n) is 2.74. The molecule has 0 radical (unpaired) electrons. The Hall–Kier alpha value is -2.08. The predicted octanol–water partition coefficient (Wildman–Crippen LogP) is 2.27. The second-order valence-corrected chi connectivity index (χ2v) is 5.20. The zero-order valence-electron chi connectivity index (χ0n) is 11.3. The van der Waals surface area contributed by atoms with Crippen LogP contribution in [-0.2, 0) is 0 Å². The lowest BCUT2D eigenvalue weighted by Gasteiger charge is -2.15. The molecular formula is C14H17N3O2S. The van der Waals surface area contributed by atoms with E-state index in [0.29, 0.717) is 24.0 Å². The maximum atomic E-state index is 12.0. The molecule has 0 unspecified atom stereocenters. The minimum atomic E-state index is -0.113. The zero-order valence-corrected chi connectivity index (χ0v) is 12.1. The van der Waals surface area contributed by atoms with Crippen molar-refractivity contribution < 1.29 is 9.53 Å². The maximum absolute atomic E-state index is 12.0. The molecule has 2 rings (SSSR count). The summed E-state index contributed by atoms with van der Waals surface area (Å²) in [4.78, 5) is 17.6. The molecule has 0 fully saturated rings. The molecule has 0 saturated carbocycles. The normalized spacial score (nSPS) is 10.2. The Morgan fingerprint density at radius 1 is 1.40 bits per heavy atom. The average Bonchev–Trinajstić information content (AvgIpc) is 2.90. The number of aromatic nitrogens is 1.